The number of anilines is 4. The highest BCUT2D eigenvalue weighted by Crippen LogP contribution is 2.30. The summed E-state index contributed by atoms with van der Waals surface area (Å²) in [5.41, 5.74) is 8.58. The molecule has 2 heterocycles. The second-order valence-electron chi connectivity index (χ2n) is 8.87. The number of nitrogens with one attached hydrogen (secondary N) is 2. The summed E-state index contributed by atoms with van der Waals surface area (Å²) in [6.07, 6.45) is 3.82. The molecule has 4 rings (SSSR count). The summed E-state index contributed by atoms with van der Waals surface area (Å²) in [5, 5.41) is 6.21. The molecule has 1 aromatic heterocycles. The molecule has 0 bridgehead atoms. The van der Waals surface area contributed by atoms with Crippen molar-refractivity contribution in [2.75, 3.05) is 28.6 Å². The molecule has 2 fully saturated rings. The summed E-state index contributed by atoms with van der Waals surface area (Å²) in [5.74, 6) is -0.893. The van der Waals surface area contributed by atoms with Crippen LogP contribution in [0.4, 0.5) is 27.5 Å². The molecular weight excluding hydrogens is 411 g/mol. The van der Waals surface area contributed by atoms with E-state index >= 15 is 0 Å². The van der Waals surface area contributed by atoms with Crippen LogP contribution in [0.5, 0.6) is 0 Å². The van der Waals surface area contributed by atoms with Gasteiger partial charge >= 0.3 is 0 Å². The third-order valence-corrected chi connectivity index (χ3v) is 6.16. The van der Waals surface area contributed by atoms with Crippen molar-refractivity contribution in [2.45, 2.75) is 58.3 Å². The van der Waals surface area contributed by atoms with Crippen molar-refractivity contribution in [3.8, 4) is 0 Å². The van der Waals surface area contributed by atoms with Gasteiger partial charge in [-0.1, -0.05) is 6.42 Å². The molecule has 0 spiro atoms. The monoisotopic (exact) mass is 442 g/mol. The first-order valence-electron chi connectivity index (χ1n) is 11.2. The minimum Gasteiger partial charge on any atom is -0.372 e. The minimum atomic E-state index is -0.562. The number of aromatic nitrogens is 2. The summed E-state index contributed by atoms with van der Waals surface area (Å²) in [6, 6.07) is 5.85. The zero-order valence-electron chi connectivity index (χ0n) is 18.8. The van der Waals surface area contributed by atoms with Gasteiger partial charge < -0.3 is 26.0 Å². The van der Waals surface area contributed by atoms with Gasteiger partial charge in [0.25, 0.3) is 0 Å². The van der Waals surface area contributed by atoms with Crippen LogP contribution in [0.25, 0.3) is 0 Å². The number of carbonyl (C=O) groups excluding carboxylic acids is 1. The SMILES string of the molecule is Cc1cc(Nc2ncc(F)c(N[C@H]3CCC[C@H]3C(N)=O)n2)ccc1N1CC(C)OC(C)C1. The van der Waals surface area contributed by atoms with E-state index in [1.165, 1.54) is 5.69 Å². The lowest BCUT2D eigenvalue weighted by atomic mass is 10.0. The summed E-state index contributed by atoms with van der Waals surface area (Å²) in [4.78, 5) is 22.3. The van der Waals surface area contributed by atoms with E-state index in [0.717, 1.165) is 43.4 Å². The molecule has 2 unspecified atom stereocenters. The molecule has 1 aliphatic carbocycles. The van der Waals surface area contributed by atoms with Crippen molar-refractivity contribution in [3.63, 3.8) is 0 Å². The lowest BCUT2D eigenvalue weighted by molar-refractivity contribution is -0.121. The Bertz CT molecular complexity index is 977. The fraction of sp³-hybridized carbons (Fsp3) is 0.522. The first-order valence-corrected chi connectivity index (χ1v) is 11.2. The molecule has 4 N–H and O–H groups in total. The molecule has 1 saturated heterocycles. The molecule has 8 nitrogen and oxygen atoms in total. The summed E-state index contributed by atoms with van der Waals surface area (Å²) < 4.78 is 20.2. The predicted molar refractivity (Wildman–Crippen MR) is 123 cm³/mol. The van der Waals surface area contributed by atoms with Crippen LogP contribution >= 0.6 is 0 Å². The van der Waals surface area contributed by atoms with Crippen molar-refractivity contribution >= 4 is 29.0 Å². The first-order chi connectivity index (χ1) is 15.3. The molecule has 1 aliphatic heterocycles. The number of carbonyl (C=O) groups is 1. The van der Waals surface area contributed by atoms with Gasteiger partial charge in [0.15, 0.2) is 11.6 Å². The highest BCUT2D eigenvalue weighted by Gasteiger charge is 2.32. The summed E-state index contributed by atoms with van der Waals surface area (Å²) in [7, 11) is 0. The number of primary amides is 1. The lowest BCUT2D eigenvalue weighted by Gasteiger charge is -2.37. The number of nitrogens with two attached hydrogens (primary N) is 1. The van der Waals surface area contributed by atoms with Crippen LogP contribution in [-0.2, 0) is 9.53 Å². The molecule has 2 aromatic rings. The van der Waals surface area contributed by atoms with Crippen molar-refractivity contribution in [2.24, 2.45) is 11.7 Å². The molecule has 1 saturated carbocycles. The quantitative estimate of drug-likeness (QED) is 0.630. The minimum absolute atomic E-state index is 0.0743. The Labute approximate surface area is 187 Å². The van der Waals surface area contributed by atoms with Crippen LogP contribution in [0.2, 0.25) is 0 Å². The van der Waals surface area contributed by atoms with Gasteiger partial charge in [-0.25, -0.2) is 9.37 Å². The van der Waals surface area contributed by atoms with E-state index in [2.05, 4.69) is 52.3 Å². The fourth-order valence-electron chi connectivity index (χ4n) is 4.77. The number of aryl methyl sites for hydroxylation is 1. The van der Waals surface area contributed by atoms with Crippen molar-refractivity contribution in [1.29, 1.82) is 0 Å². The van der Waals surface area contributed by atoms with E-state index in [1.807, 2.05) is 12.1 Å². The van der Waals surface area contributed by atoms with E-state index in [-0.39, 0.29) is 41.8 Å². The van der Waals surface area contributed by atoms with Crippen LogP contribution in [0.3, 0.4) is 0 Å². The van der Waals surface area contributed by atoms with E-state index in [1.54, 1.807) is 0 Å². The van der Waals surface area contributed by atoms with Gasteiger partial charge in [0, 0.05) is 30.5 Å². The number of nitrogens with zero attached hydrogens (tertiary/aromatic N) is 3. The summed E-state index contributed by atoms with van der Waals surface area (Å²) in [6.45, 7) is 7.93. The highest BCUT2D eigenvalue weighted by atomic mass is 19.1. The number of hydrogen-bond acceptors (Lipinski definition) is 7. The smallest absolute Gasteiger partial charge is 0.229 e. The Morgan fingerprint density at radius 3 is 2.69 bits per heavy atom. The van der Waals surface area contributed by atoms with Crippen LogP contribution in [0.15, 0.2) is 24.4 Å². The first kappa shape index (κ1) is 22.3. The standard InChI is InChI=1S/C23H31FN6O2/c1-13-9-16(7-8-20(13)30-11-14(2)32-15(3)12-30)27-23-26-10-18(24)22(29-23)28-19-6-4-5-17(19)21(25)31/h7-10,14-15,17,19H,4-6,11-12H2,1-3H3,(H2,25,31)(H2,26,27,28,29)/t14?,15?,17-,19+/m1/s1. The van der Waals surface area contributed by atoms with Crippen LogP contribution < -0.4 is 21.3 Å². The second-order valence-corrected chi connectivity index (χ2v) is 8.87. The number of benzene rings is 1. The van der Waals surface area contributed by atoms with Gasteiger partial charge in [-0.05, 0) is 57.4 Å². The molecule has 1 aromatic carbocycles. The molecule has 1 amide bonds. The van der Waals surface area contributed by atoms with E-state index in [9.17, 15) is 9.18 Å². The van der Waals surface area contributed by atoms with E-state index in [0.29, 0.717) is 6.42 Å². The Balaban J connectivity index is 1.48. The average Bonchev–Trinajstić information content (AvgIpc) is 3.18. The maximum Gasteiger partial charge on any atom is 0.229 e. The molecule has 9 heteroatoms. The Kier molecular flexibility index (Phi) is 6.45. The van der Waals surface area contributed by atoms with Crippen LogP contribution in [-0.4, -0.2) is 47.2 Å². The Morgan fingerprint density at radius 2 is 2.00 bits per heavy atom. The summed E-state index contributed by atoms with van der Waals surface area (Å²) >= 11 is 0. The van der Waals surface area contributed by atoms with Gasteiger partial charge in [-0.15, -0.1) is 0 Å². The van der Waals surface area contributed by atoms with Crippen molar-refractivity contribution < 1.29 is 13.9 Å². The van der Waals surface area contributed by atoms with Gasteiger partial charge in [-0.3, -0.25) is 4.79 Å². The van der Waals surface area contributed by atoms with E-state index in [4.69, 9.17) is 10.5 Å². The predicted octanol–water partition coefficient (Wildman–Crippen LogP) is 3.35. The molecule has 0 radical (unpaired) electrons. The lowest BCUT2D eigenvalue weighted by Crippen LogP contribution is -2.45. The Hall–Kier alpha value is -2.94. The maximum atomic E-state index is 14.3. The zero-order chi connectivity index (χ0) is 22.8. The zero-order valence-corrected chi connectivity index (χ0v) is 18.8. The third kappa shape index (κ3) is 4.93. The Morgan fingerprint density at radius 1 is 1.25 bits per heavy atom. The number of morpholine rings is 1. The molecule has 32 heavy (non-hydrogen) atoms. The number of rotatable bonds is 6. The van der Waals surface area contributed by atoms with Gasteiger partial charge in [-0.2, -0.15) is 4.98 Å². The van der Waals surface area contributed by atoms with Crippen molar-refractivity contribution in [3.05, 3.63) is 35.8 Å². The number of amides is 1. The molecule has 4 atom stereocenters. The average molecular weight is 443 g/mol. The maximum absolute atomic E-state index is 14.3. The number of halogens is 1. The van der Waals surface area contributed by atoms with Gasteiger partial charge in [0.05, 0.1) is 24.3 Å². The van der Waals surface area contributed by atoms with E-state index < -0.39 is 5.82 Å². The van der Waals surface area contributed by atoms with Crippen molar-refractivity contribution in [1.82, 2.24) is 9.97 Å². The molecular formula is C23H31FN6O2. The second kappa shape index (κ2) is 9.28. The molecule has 2 aliphatic rings. The normalized spacial score (nSPS) is 25.6. The number of hydrogen-bond donors (Lipinski definition) is 3. The van der Waals surface area contributed by atoms with Gasteiger partial charge in [0.2, 0.25) is 11.9 Å². The van der Waals surface area contributed by atoms with Crippen LogP contribution in [0.1, 0.15) is 38.7 Å². The molecule has 172 valence electrons. The topological polar surface area (TPSA) is 105 Å². The third-order valence-electron chi connectivity index (χ3n) is 6.16. The van der Waals surface area contributed by atoms with Crippen LogP contribution in [0, 0.1) is 18.7 Å². The fourth-order valence-corrected chi connectivity index (χ4v) is 4.77. The highest BCUT2D eigenvalue weighted by molar-refractivity contribution is 5.78. The number of ether oxygens (including phenoxy) is 1. The van der Waals surface area contributed by atoms with Gasteiger partial charge in [0.1, 0.15) is 0 Å². The largest absolute Gasteiger partial charge is 0.372 e.